The first kappa shape index (κ1) is 15.3. The van der Waals surface area contributed by atoms with Crippen molar-refractivity contribution in [3.8, 4) is 0 Å². The van der Waals surface area contributed by atoms with Crippen molar-refractivity contribution in [3.63, 3.8) is 0 Å². The molecule has 0 aromatic carbocycles. The summed E-state index contributed by atoms with van der Waals surface area (Å²) >= 11 is 2.14. The first-order valence-electron chi connectivity index (χ1n) is 7.13. The zero-order chi connectivity index (χ0) is 12.8. The molecule has 1 N–H and O–H groups in total. The minimum Gasteiger partial charge on any atom is -0.315 e. The Morgan fingerprint density at radius 2 is 1.76 bits per heavy atom. The highest BCUT2D eigenvalue weighted by atomic mass is 32.2. The van der Waals surface area contributed by atoms with Crippen LogP contribution < -0.4 is 5.32 Å². The fourth-order valence-corrected chi connectivity index (χ4v) is 3.93. The fourth-order valence-electron chi connectivity index (χ4n) is 2.59. The van der Waals surface area contributed by atoms with Crippen molar-refractivity contribution >= 4 is 11.8 Å². The van der Waals surface area contributed by atoms with E-state index in [-0.39, 0.29) is 0 Å². The second-order valence-corrected chi connectivity index (χ2v) is 7.71. The Bertz CT molecular complexity index is 198. The summed E-state index contributed by atoms with van der Waals surface area (Å²) in [5.41, 5.74) is 0. The molecule has 2 nitrogen and oxygen atoms in total. The van der Waals surface area contributed by atoms with Crippen LogP contribution in [0, 0.1) is 5.92 Å². The van der Waals surface area contributed by atoms with E-state index in [4.69, 9.17) is 0 Å². The quantitative estimate of drug-likeness (QED) is 0.789. The Morgan fingerprint density at radius 3 is 2.24 bits per heavy atom. The Kier molecular flexibility index (Phi) is 6.90. The maximum absolute atomic E-state index is 3.61. The number of nitrogens with zero attached hydrogens (tertiary/aromatic N) is 1. The minimum absolute atomic E-state index is 0.722. The molecule has 3 heteroatoms. The smallest absolute Gasteiger partial charge is 0.0218 e. The summed E-state index contributed by atoms with van der Waals surface area (Å²) in [5.74, 6) is 0.752. The van der Waals surface area contributed by atoms with Crippen LogP contribution in [0.1, 0.15) is 41.0 Å². The van der Waals surface area contributed by atoms with Crippen molar-refractivity contribution in [2.75, 3.05) is 26.2 Å². The van der Waals surface area contributed by atoms with Gasteiger partial charge >= 0.3 is 0 Å². The fraction of sp³-hybridized carbons (Fsp3) is 1.00. The van der Waals surface area contributed by atoms with Crippen LogP contribution in [0.25, 0.3) is 0 Å². The lowest BCUT2D eigenvalue weighted by molar-refractivity contribution is 0.183. The molecule has 0 aromatic rings. The van der Waals surface area contributed by atoms with Crippen molar-refractivity contribution in [1.29, 1.82) is 0 Å². The molecule has 0 amide bonds. The molecule has 0 saturated carbocycles. The normalized spacial score (nSPS) is 28.6. The van der Waals surface area contributed by atoms with E-state index in [1.54, 1.807) is 0 Å². The molecule has 3 unspecified atom stereocenters. The zero-order valence-electron chi connectivity index (χ0n) is 12.2. The molecule has 1 rings (SSSR count). The second-order valence-electron chi connectivity index (χ2n) is 5.83. The standard InChI is InChI=1S/C14H30N2S/c1-6-14(8-15-7-11(2)3)16-9-12(4)17-13(5)10-16/h11-15H,6-10H2,1-5H3. The number of nitrogens with one attached hydrogen (secondary N) is 1. The summed E-state index contributed by atoms with van der Waals surface area (Å²) < 4.78 is 0. The molecule has 17 heavy (non-hydrogen) atoms. The van der Waals surface area contributed by atoms with Gasteiger partial charge in [-0.15, -0.1) is 0 Å². The topological polar surface area (TPSA) is 15.3 Å². The van der Waals surface area contributed by atoms with Gasteiger partial charge in [0.2, 0.25) is 0 Å². The predicted octanol–water partition coefficient (Wildman–Crippen LogP) is 2.84. The molecule has 0 radical (unpaired) electrons. The molecular weight excluding hydrogens is 228 g/mol. The third-order valence-corrected chi connectivity index (χ3v) is 4.60. The highest BCUT2D eigenvalue weighted by Crippen LogP contribution is 2.26. The third-order valence-electron chi connectivity index (χ3n) is 3.37. The summed E-state index contributed by atoms with van der Waals surface area (Å²) in [4.78, 5) is 2.69. The Balaban J connectivity index is 2.37. The van der Waals surface area contributed by atoms with Gasteiger partial charge in [0, 0.05) is 36.2 Å². The molecule has 3 atom stereocenters. The van der Waals surface area contributed by atoms with Gasteiger partial charge in [-0.25, -0.2) is 0 Å². The van der Waals surface area contributed by atoms with E-state index in [2.05, 4.69) is 56.6 Å². The molecule has 1 saturated heterocycles. The van der Waals surface area contributed by atoms with Crippen LogP contribution in [0.15, 0.2) is 0 Å². The van der Waals surface area contributed by atoms with Crippen LogP contribution >= 0.6 is 11.8 Å². The van der Waals surface area contributed by atoms with E-state index in [0.29, 0.717) is 0 Å². The van der Waals surface area contributed by atoms with E-state index in [0.717, 1.165) is 35.5 Å². The molecule has 0 spiro atoms. The third kappa shape index (κ3) is 5.62. The monoisotopic (exact) mass is 258 g/mol. The lowest BCUT2D eigenvalue weighted by atomic mass is 10.1. The highest BCUT2D eigenvalue weighted by molar-refractivity contribution is 8.00. The van der Waals surface area contributed by atoms with Gasteiger partial charge in [0.05, 0.1) is 0 Å². The van der Waals surface area contributed by atoms with Gasteiger partial charge in [-0.05, 0) is 18.9 Å². The van der Waals surface area contributed by atoms with Crippen LogP contribution in [0.5, 0.6) is 0 Å². The van der Waals surface area contributed by atoms with Gasteiger partial charge < -0.3 is 5.32 Å². The molecule has 1 aliphatic rings. The maximum Gasteiger partial charge on any atom is 0.0218 e. The average molecular weight is 258 g/mol. The molecule has 1 aliphatic heterocycles. The number of thioether (sulfide) groups is 1. The molecule has 0 bridgehead atoms. The summed E-state index contributed by atoms with van der Waals surface area (Å²) in [5, 5.41) is 5.19. The molecule has 102 valence electrons. The van der Waals surface area contributed by atoms with Gasteiger partial charge in [-0.1, -0.05) is 34.6 Å². The summed E-state index contributed by atoms with van der Waals surface area (Å²) in [7, 11) is 0. The van der Waals surface area contributed by atoms with Crippen molar-refractivity contribution in [1.82, 2.24) is 10.2 Å². The first-order chi connectivity index (χ1) is 8.02. The Morgan fingerprint density at radius 1 is 1.18 bits per heavy atom. The van der Waals surface area contributed by atoms with Crippen LogP contribution in [0.2, 0.25) is 0 Å². The second kappa shape index (κ2) is 7.65. The predicted molar refractivity (Wildman–Crippen MR) is 79.9 cm³/mol. The van der Waals surface area contributed by atoms with Crippen LogP contribution in [-0.4, -0.2) is 47.6 Å². The van der Waals surface area contributed by atoms with Crippen LogP contribution in [0.3, 0.4) is 0 Å². The summed E-state index contributed by atoms with van der Waals surface area (Å²) in [6, 6.07) is 0.722. The summed E-state index contributed by atoms with van der Waals surface area (Å²) in [6.45, 7) is 16.4. The van der Waals surface area contributed by atoms with E-state index < -0.39 is 0 Å². The van der Waals surface area contributed by atoms with E-state index in [9.17, 15) is 0 Å². The van der Waals surface area contributed by atoms with Gasteiger partial charge in [-0.3, -0.25) is 4.90 Å². The molecular formula is C14H30N2S. The molecule has 1 fully saturated rings. The van der Waals surface area contributed by atoms with Crippen LogP contribution in [-0.2, 0) is 0 Å². The lowest BCUT2D eigenvalue weighted by Gasteiger charge is -2.39. The first-order valence-corrected chi connectivity index (χ1v) is 8.07. The van der Waals surface area contributed by atoms with Crippen molar-refractivity contribution in [2.45, 2.75) is 57.6 Å². The number of hydrogen-bond donors (Lipinski definition) is 1. The molecule has 1 heterocycles. The largest absolute Gasteiger partial charge is 0.315 e. The lowest BCUT2D eigenvalue weighted by Crippen LogP contribution is -2.50. The average Bonchev–Trinajstić information content (AvgIpc) is 2.22. The molecule has 0 aromatic heterocycles. The van der Waals surface area contributed by atoms with Gasteiger partial charge in [0.15, 0.2) is 0 Å². The van der Waals surface area contributed by atoms with Crippen molar-refractivity contribution in [3.05, 3.63) is 0 Å². The number of rotatable bonds is 6. The van der Waals surface area contributed by atoms with E-state index >= 15 is 0 Å². The zero-order valence-corrected chi connectivity index (χ0v) is 13.0. The van der Waals surface area contributed by atoms with Gasteiger partial charge in [0.1, 0.15) is 0 Å². The molecule has 0 aliphatic carbocycles. The van der Waals surface area contributed by atoms with Gasteiger partial charge in [0.25, 0.3) is 0 Å². The SMILES string of the molecule is CCC(CNCC(C)C)N1CC(C)SC(C)C1. The van der Waals surface area contributed by atoms with Crippen molar-refractivity contribution in [2.24, 2.45) is 5.92 Å². The number of hydrogen-bond acceptors (Lipinski definition) is 3. The highest BCUT2D eigenvalue weighted by Gasteiger charge is 2.26. The summed E-state index contributed by atoms with van der Waals surface area (Å²) in [6.07, 6.45) is 1.26. The van der Waals surface area contributed by atoms with Crippen LogP contribution in [0.4, 0.5) is 0 Å². The minimum atomic E-state index is 0.722. The maximum atomic E-state index is 3.61. The van der Waals surface area contributed by atoms with Gasteiger partial charge in [-0.2, -0.15) is 11.8 Å². The van der Waals surface area contributed by atoms with Crippen molar-refractivity contribution < 1.29 is 0 Å². The Hall–Kier alpha value is 0.270. The van der Waals surface area contributed by atoms with E-state index in [1.165, 1.54) is 19.5 Å². The Labute approximate surface area is 112 Å². The van der Waals surface area contributed by atoms with E-state index in [1.807, 2.05) is 0 Å².